The number of halogens is 4. The fourth-order valence-corrected chi connectivity index (χ4v) is 2.74. The van der Waals surface area contributed by atoms with E-state index >= 15 is 0 Å². The normalized spacial score (nSPS) is 11.9. The summed E-state index contributed by atoms with van der Waals surface area (Å²) in [4.78, 5) is 0. The Morgan fingerprint density at radius 3 is 2.37 bits per heavy atom. The van der Waals surface area contributed by atoms with Gasteiger partial charge >= 0.3 is 6.18 Å². The van der Waals surface area contributed by atoms with E-state index in [1.807, 2.05) is 32.0 Å². The van der Waals surface area contributed by atoms with Crippen molar-refractivity contribution >= 4 is 15.9 Å². The Morgan fingerprint density at radius 2 is 1.84 bits per heavy atom. The molecule has 0 aliphatic rings. The molecule has 0 spiro atoms. The topological polar surface area (TPSA) is 17.8 Å². The van der Waals surface area contributed by atoms with Crippen molar-refractivity contribution in [2.75, 3.05) is 0 Å². The van der Waals surface area contributed by atoms with Crippen molar-refractivity contribution in [3.05, 3.63) is 39.5 Å². The van der Waals surface area contributed by atoms with Gasteiger partial charge in [0.25, 0.3) is 0 Å². The Hall–Kier alpha value is -1.30. The fourth-order valence-electron chi connectivity index (χ4n) is 1.96. The van der Waals surface area contributed by atoms with Crippen molar-refractivity contribution in [3.63, 3.8) is 0 Å². The molecule has 0 radical (unpaired) electrons. The molecule has 2 aromatic rings. The van der Waals surface area contributed by atoms with E-state index in [1.54, 1.807) is 0 Å². The molecule has 0 saturated heterocycles. The first-order valence-electron chi connectivity index (χ1n) is 5.59. The van der Waals surface area contributed by atoms with Crippen LogP contribution in [-0.4, -0.2) is 9.78 Å². The molecule has 19 heavy (non-hydrogen) atoms. The first kappa shape index (κ1) is 14.1. The highest BCUT2D eigenvalue weighted by Crippen LogP contribution is 2.40. The van der Waals surface area contributed by atoms with Crippen LogP contribution in [0.3, 0.4) is 0 Å². The van der Waals surface area contributed by atoms with E-state index in [0.29, 0.717) is 5.69 Å². The molecule has 0 fully saturated rings. The molecular formula is C13H12BrF3N2. The first-order chi connectivity index (χ1) is 8.71. The van der Waals surface area contributed by atoms with Crippen molar-refractivity contribution < 1.29 is 13.2 Å². The number of aryl methyl sites for hydroxylation is 3. The molecule has 2 nitrogen and oxygen atoms in total. The molecule has 1 heterocycles. The summed E-state index contributed by atoms with van der Waals surface area (Å²) >= 11 is 3.03. The maximum absolute atomic E-state index is 12.8. The van der Waals surface area contributed by atoms with Crippen LogP contribution < -0.4 is 0 Å². The van der Waals surface area contributed by atoms with Gasteiger partial charge in [-0.15, -0.1) is 0 Å². The molecule has 0 unspecified atom stereocenters. The zero-order valence-electron chi connectivity index (χ0n) is 10.6. The molecule has 6 heteroatoms. The van der Waals surface area contributed by atoms with Gasteiger partial charge in [-0.05, 0) is 41.4 Å². The van der Waals surface area contributed by atoms with Crippen LogP contribution in [0.25, 0.3) is 11.3 Å². The average Bonchev–Trinajstić information content (AvgIpc) is 2.58. The molecule has 0 saturated carbocycles. The molecule has 0 amide bonds. The van der Waals surface area contributed by atoms with E-state index < -0.39 is 11.9 Å². The summed E-state index contributed by atoms with van der Waals surface area (Å²) in [6.45, 7) is 3.76. The lowest BCUT2D eigenvalue weighted by molar-refractivity contribution is -0.142. The first-order valence-corrected chi connectivity index (χ1v) is 6.38. The molecule has 0 aliphatic heterocycles. The summed E-state index contributed by atoms with van der Waals surface area (Å²) in [5.41, 5.74) is 2.18. The van der Waals surface area contributed by atoms with Gasteiger partial charge in [0.05, 0.1) is 10.2 Å². The Bertz CT molecular complexity index is 630. The van der Waals surface area contributed by atoms with Crippen LogP contribution in [0.5, 0.6) is 0 Å². The lowest BCUT2D eigenvalue weighted by Crippen LogP contribution is -2.07. The summed E-state index contributed by atoms with van der Waals surface area (Å²) in [6, 6.07) is 5.67. The van der Waals surface area contributed by atoms with Crippen LogP contribution in [0.15, 0.2) is 22.7 Å². The summed E-state index contributed by atoms with van der Waals surface area (Å²) in [5, 5.41) is 3.57. The van der Waals surface area contributed by atoms with Crippen LogP contribution in [0.4, 0.5) is 13.2 Å². The van der Waals surface area contributed by atoms with Crippen molar-refractivity contribution in [1.82, 2.24) is 9.78 Å². The highest BCUT2D eigenvalue weighted by Gasteiger charge is 2.38. The van der Waals surface area contributed by atoms with Crippen molar-refractivity contribution in [2.45, 2.75) is 20.0 Å². The third-order valence-electron chi connectivity index (χ3n) is 2.91. The lowest BCUT2D eigenvalue weighted by Gasteiger charge is -2.08. The number of alkyl halides is 3. The van der Waals surface area contributed by atoms with Crippen molar-refractivity contribution in [1.29, 1.82) is 0 Å². The monoisotopic (exact) mass is 332 g/mol. The Labute approximate surface area is 117 Å². The zero-order chi connectivity index (χ0) is 14.4. The minimum absolute atomic E-state index is 0.0174. The van der Waals surface area contributed by atoms with Gasteiger partial charge in [-0.2, -0.15) is 18.3 Å². The van der Waals surface area contributed by atoms with E-state index in [1.165, 1.54) is 11.7 Å². The second-order valence-electron chi connectivity index (χ2n) is 4.45. The highest BCUT2D eigenvalue weighted by molar-refractivity contribution is 9.10. The van der Waals surface area contributed by atoms with Crippen LogP contribution in [0.2, 0.25) is 0 Å². The van der Waals surface area contributed by atoms with E-state index in [-0.39, 0.29) is 4.47 Å². The predicted molar refractivity (Wildman–Crippen MR) is 70.8 cm³/mol. The maximum Gasteiger partial charge on any atom is 0.436 e. The summed E-state index contributed by atoms with van der Waals surface area (Å²) in [6.07, 6.45) is -4.47. The minimum atomic E-state index is -4.47. The van der Waals surface area contributed by atoms with Crippen molar-refractivity contribution in [3.8, 4) is 11.3 Å². The smallest absolute Gasteiger partial charge is 0.266 e. The number of hydrogen-bond donors (Lipinski definition) is 0. The Morgan fingerprint density at radius 1 is 1.21 bits per heavy atom. The molecule has 1 aromatic carbocycles. The molecule has 102 valence electrons. The lowest BCUT2D eigenvalue weighted by atomic mass is 10.0. The van der Waals surface area contributed by atoms with Gasteiger partial charge in [-0.3, -0.25) is 4.68 Å². The van der Waals surface area contributed by atoms with E-state index in [2.05, 4.69) is 21.0 Å². The molecule has 2 rings (SSSR count). The highest BCUT2D eigenvalue weighted by atomic mass is 79.9. The standard InChI is InChI=1S/C13H12BrF3N2/c1-7-4-5-8(2)9(6-7)11-10(14)12(13(15,16)17)18-19(11)3/h4-6H,1-3H3. The average molecular weight is 333 g/mol. The number of nitrogens with zero attached hydrogens (tertiary/aromatic N) is 2. The van der Waals surface area contributed by atoms with Gasteiger partial charge in [0.2, 0.25) is 0 Å². The molecule has 0 aliphatic carbocycles. The quantitative estimate of drug-likeness (QED) is 0.752. The molecule has 1 aromatic heterocycles. The molecule has 0 bridgehead atoms. The predicted octanol–water partition coefficient (Wildman–Crippen LogP) is 4.49. The van der Waals surface area contributed by atoms with Crippen LogP contribution >= 0.6 is 15.9 Å². The number of rotatable bonds is 1. The van der Waals surface area contributed by atoms with E-state index in [9.17, 15) is 13.2 Å². The second-order valence-corrected chi connectivity index (χ2v) is 5.24. The van der Waals surface area contributed by atoms with Gasteiger partial charge in [-0.25, -0.2) is 0 Å². The van der Waals surface area contributed by atoms with E-state index in [0.717, 1.165) is 16.7 Å². The van der Waals surface area contributed by atoms with Crippen molar-refractivity contribution in [2.24, 2.45) is 7.05 Å². The zero-order valence-corrected chi connectivity index (χ0v) is 12.2. The van der Waals surface area contributed by atoms with Crippen LogP contribution in [0.1, 0.15) is 16.8 Å². The van der Waals surface area contributed by atoms with Gasteiger partial charge in [-0.1, -0.05) is 17.7 Å². The largest absolute Gasteiger partial charge is 0.436 e. The molecule has 0 atom stereocenters. The second kappa shape index (κ2) is 4.67. The molecular weight excluding hydrogens is 321 g/mol. The maximum atomic E-state index is 12.8. The number of hydrogen-bond acceptors (Lipinski definition) is 1. The van der Waals surface area contributed by atoms with Crippen LogP contribution in [0, 0.1) is 13.8 Å². The van der Waals surface area contributed by atoms with Gasteiger partial charge in [0, 0.05) is 12.6 Å². The summed E-state index contributed by atoms with van der Waals surface area (Å²) < 4.78 is 39.7. The molecule has 0 N–H and O–H groups in total. The summed E-state index contributed by atoms with van der Waals surface area (Å²) in [5.74, 6) is 0. The third-order valence-corrected chi connectivity index (χ3v) is 3.66. The SMILES string of the molecule is Cc1ccc(C)c(-c2c(Br)c(C(F)(F)F)nn2C)c1. The van der Waals surface area contributed by atoms with Gasteiger partial charge in [0.15, 0.2) is 5.69 Å². The third kappa shape index (κ3) is 2.54. The number of aromatic nitrogens is 2. The van der Waals surface area contributed by atoms with Crippen LogP contribution in [-0.2, 0) is 13.2 Å². The number of benzene rings is 1. The minimum Gasteiger partial charge on any atom is -0.266 e. The van der Waals surface area contributed by atoms with Gasteiger partial charge in [0.1, 0.15) is 0 Å². The Kier molecular flexibility index (Phi) is 3.47. The summed E-state index contributed by atoms with van der Waals surface area (Å²) in [7, 11) is 1.51. The van der Waals surface area contributed by atoms with E-state index in [4.69, 9.17) is 0 Å². The Balaban J connectivity index is 2.70. The fraction of sp³-hybridized carbons (Fsp3) is 0.308. The van der Waals surface area contributed by atoms with Gasteiger partial charge < -0.3 is 0 Å².